The van der Waals surface area contributed by atoms with Gasteiger partial charge in [0, 0.05) is 66.7 Å². The van der Waals surface area contributed by atoms with Crippen LogP contribution in [-0.2, 0) is 59.5 Å². The third-order valence-electron chi connectivity index (χ3n) is 10.7. The average molecular weight is 854 g/mol. The number of para-hydroxylation sites is 1. The molecule has 2 aromatic carbocycles. The van der Waals surface area contributed by atoms with Gasteiger partial charge >= 0.3 is 6.18 Å². The summed E-state index contributed by atoms with van der Waals surface area (Å²) in [5.41, 5.74) is -1.30. The van der Waals surface area contributed by atoms with Crippen molar-refractivity contribution in [2.24, 2.45) is 20.0 Å². The van der Waals surface area contributed by atoms with E-state index in [4.69, 9.17) is 4.98 Å². The van der Waals surface area contributed by atoms with Crippen LogP contribution in [0.1, 0.15) is 71.2 Å². The van der Waals surface area contributed by atoms with Gasteiger partial charge in [0.2, 0.25) is 0 Å². The summed E-state index contributed by atoms with van der Waals surface area (Å²) < 4.78 is 132. The first-order valence-electron chi connectivity index (χ1n) is 18.6. The zero-order valence-corrected chi connectivity index (χ0v) is 32.8. The van der Waals surface area contributed by atoms with Crippen LogP contribution in [0, 0.1) is 29.4 Å². The Labute approximate surface area is 337 Å². The first-order valence-corrected chi connectivity index (χ1v) is 20.3. The number of carbonyl (C=O) groups excluding carboxylic acids is 1. The lowest BCUT2D eigenvalue weighted by Gasteiger charge is -2.21. The Morgan fingerprint density at radius 2 is 1.78 bits per heavy atom. The number of aliphatic hydroxyl groups is 1. The van der Waals surface area contributed by atoms with E-state index in [0.29, 0.717) is 32.8 Å². The second-order valence-electron chi connectivity index (χ2n) is 15.2. The fourth-order valence-corrected chi connectivity index (χ4v) is 9.46. The minimum absolute atomic E-state index is 0.0168. The molecule has 0 bridgehead atoms. The van der Waals surface area contributed by atoms with Crippen LogP contribution in [0.5, 0.6) is 0 Å². The van der Waals surface area contributed by atoms with E-state index < -0.39 is 98.9 Å². The molecule has 0 aliphatic heterocycles. The van der Waals surface area contributed by atoms with Gasteiger partial charge < -0.3 is 5.11 Å². The zero-order chi connectivity index (χ0) is 43.1. The molecule has 0 amide bonds. The number of aryl methyl sites for hydroxylation is 2. The maximum absolute atomic E-state index is 15.4. The van der Waals surface area contributed by atoms with Gasteiger partial charge in [-0.25, -0.2) is 22.2 Å². The predicted octanol–water partition coefficient (Wildman–Crippen LogP) is 6.76. The number of carbonyl (C=O) groups is 1. The van der Waals surface area contributed by atoms with E-state index in [1.807, 2.05) is 0 Å². The van der Waals surface area contributed by atoms with Gasteiger partial charge in [-0.1, -0.05) is 24.1 Å². The fraction of sp³-hybridized carbons (Fsp3) is 0.341. The molecule has 312 valence electrons. The summed E-state index contributed by atoms with van der Waals surface area (Å²) in [5, 5.41) is 22.3. The molecule has 4 aromatic heterocycles. The maximum atomic E-state index is 15.4. The number of nitrogens with zero attached hydrogens (tertiary/aromatic N) is 7. The molecule has 2 aliphatic rings. The van der Waals surface area contributed by atoms with Crippen molar-refractivity contribution < 1.29 is 49.1 Å². The van der Waals surface area contributed by atoms with Gasteiger partial charge in [-0.05, 0) is 61.4 Å². The number of fused-ring (bicyclic) bond motifs is 4. The van der Waals surface area contributed by atoms with E-state index in [9.17, 15) is 40.3 Å². The van der Waals surface area contributed by atoms with E-state index >= 15 is 8.78 Å². The summed E-state index contributed by atoms with van der Waals surface area (Å²) in [4.78, 5) is 18.8. The Kier molecular flexibility index (Phi) is 10.0. The highest BCUT2D eigenvalue weighted by Gasteiger charge is 2.68. The summed E-state index contributed by atoms with van der Waals surface area (Å²) in [6, 6.07) is 10.9. The van der Waals surface area contributed by atoms with Crippen LogP contribution >= 0.6 is 0 Å². The third-order valence-corrected chi connectivity index (χ3v) is 12.3. The van der Waals surface area contributed by atoms with Crippen molar-refractivity contribution in [1.82, 2.24) is 34.3 Å². The Bertz CT molecular complexity index is 2870. The van der Waals surface area contributed by atoms with Crippen molar-refractivity contribution in [1.29, 1.82) is 0 Å². The molecule has 1 saturated carbocycles. The van der Waals surface area contributed by atoms with Crippen molar-refractivity contribution in [2.75, 3.05) is 0 Å². The highest BCUT2D eigenvalue weighted by atomic mass is 32.2. The average Bonchev–Trinajstić information content (AvgIpc) is 3.37. The quantitative estimate of drug-likeness (QED) is 0.112. The summed E-state index contributed by atoms with van der Waals surface area (Å²) in [5.74, 6) is -4.99. The summed E-state index contributed by atoms with van der Waals surface area (Å²) in [7, 11) is -0.741. The van der Waals surface area contributed by atoms with E-state index in [0.717, 1.165) is 12.1 Å². The smallest absolute Gasteiger partial charge is 0.381 e. The standard InChI is InChI=1S/C41H34F7N7O4S/c1-21(56)7-8-26-9-10-29(30-5-4-6-31-34(51-54(3)37(30)31)20-60(58,59)28-17-49-53(2)19-28)36(50-26)23(11-22-12-24(42)15-25(43)13-22)14-27(57)18-55-39-35(38(52-55)41(46,47)48)32-16-33(32)40(39,44)45/h4-6,9-10,12-13,15,17,19,21,23,32-33,56H,11,14,16,18,20H2,1-3H3/t21?,23-,32+,33-/m1/s1. The number of ketones is 1. The predicted molar refractivity (Wildman–Crippen MR) is 201 cm³/mol. The summed E-state index contributed by atoms with van der Waals surface area (Å²) in [6.45, 7) is 0.449. The van der Waals surface area contributed by atoms with Gasteiger partial charge in [-0.3, -0.25) is 18.8 Å². The molecule has 8 rings (SSSR count). The minimum atomic E-state index is -5.06. The molecule has 6 aromatic rings. The normalized spacial score (nSPS) is 17.9. The minimum Gasteiger partial charge on any atom is -0.381 e. The molecular formula is C41H34F7N7O4S. The molecule has 1 unspecified atom stereocenters. The Morgan fingerprint density at radius 1 is 1.05 bits per heavy atom. The van der Waals surface area contributed by atoms with E-state index in [1.165, 1.54) is 34.7 Å². The van der Waals surface area contributed by atoms with Gasteiger partial charge in [-0.2, -0.15) is 37.2 Å². The number of rotatable bonds is 11. The number of Topliss-reactive ketones (excluding diaryl/α,β-unsaturated/α-hetero) is 1. The number of aliphatic hydroxyl groups excluding tert-OH is 1. The Hall–Kier alpha value is -5.87. The molecule has 11 nitrogen and oxygen atoms in total. The molecule has 4 heterocycles. The van der Waals surface area contributed by atoms with Crippen molar-refractivity contribution in [3.8, 4) is 23.0 Å². The van der Waals surface area contributed by atoms with Gasteiger partial charge in [0.15, 0.2) is 21.3 Å². The highest BCUT2D eigenvalue weighted by molar-refractivity contribution is 7.90. The number of sulfone groups is 1. The largest absolute Gasteiger partial charge is 0.435 e. The SMILES string of the molecule is CC(O)C#Cc1ccc(-c2cccc3c(CS(=O)(=O)c4cnn(C)c4)nn(C)c23)c([C@@H](CC(=O)Cn2nc(C(F)(F)F)c3c2C(F)(F)[C@@H]2C[C@H]32)Cc2cc(F)cc(F)c2)n1. The molecule has 2 aliphatic carbocycles. The van der Waals surface area contributed by atoms with Crippen LogP contribution in [0.15, 0.2) is 65.8 Å². The lowest BCUT2D eigenvalue weighted by atomic mass is 9.86. The van der Waals surface area contributed by atoms with Crippen molar-refractivity contribution in [2.45, 2.75) is 73.4 Å². The second-order valence-corrected chi connectivity index (χ2v) is 17.2. The molecule has 0 spiro atoms. The summed E-state index contributed by atoms with van der Waals surface area (Å²) in [6.07, 6.45) is -4.53. The van der Waals surface area contributed by atoms with Crippen LogP contribution in [0.4, 0.5) is 30.7 Å². The molecule has 19 heteroatoms. The molecule has 4 atom stereocenters. The van der Waals surface area contributed by atoms with Gasteiger partial charge in [0.1, 0.15) is 40.6 Å². The number of alkyl halides is 5. The van der Waals surface area contributed by atoms with Crippen LogP contribution in [-0.4, -0.2) is 59.7 Å². The summed E-state index contributed by atoms with van der Waals surface area (Å²) >= 11 is 0. The topological polar surface area (TPSA) is 138 Å². The van der Waals surface area contributed by atoms with Gasteiger partial charge in [-0.15, -0.1) is 0 Å². The van der Waals surface area contributed by atoms with E-state index in [-0.39, 0.29) is 40.4 Å². The maximum Gasteiger partial charge on any atom is 0.435 e. The number of halogens is 7. The second kappa shape index (κ2) is 14.7. The third kappa shape index (κ3) is 7.58. The van der Waals surface area contributed by atoms with Crippen LogP contribution in [0.3, 0.4) is 0 Å². The zero-order valence-electron chi connectivity index (χ0n) is 32.0. The first kappa shape index (κ1) is 40.9. The van der Waals surface area contributed by atoms with Crippen LogP contribution in [0.25, 0.3) is 22.0 Å². The number of hydrogen-bond donors (Lipinski definition) is 1. The highest BCUT2D eigenvalue weighted by Crippen LogP contribution is 2.68. The van der Waals surface area contributed by atoms with Crippen LogP contribution < -0.4 is 0 Å². The molecular weight excluding hydrogens is 820 g/mol. The number of hydrogen-bond acceptors (Lipinski definition) is 8. The molecule has 1 fully saturated rings. The van der Waals surface area contributed by atoms with Crippen LogP contribution in [0.2, 0.25) is 0 Å². The Balaban J connectivity index is 1.25. The number of pyridine rings is 1. The van der Waals surface area contributed by atoms with E-state index in [1.54, 1.807) is 38.4 Å². The Morgan fingerprint density at radius 3 is 2.45 bits per heavy atom. The van der Waals surface area contributed by atoms with Gasteiger partial charge in [0.05, 0.1) is 28.9 Å². The molecule has 0 radical (unpaired) electrons. The van der Waals surface area contributed by atoms with E-state index in [2.05, 4.69) is 27.1 Å². The van der Waals surface area contributed by atoms with Crippen molar-refractivity contribution >= 4 is 26.5 Å². The van der Waals surface area contributed by atoms with Crippen molar-refractivity contribution in [3.05, 3.63) is 112 Å². The number of benzene rings is 2. The first-order chi connectivity index (χ1) is 28.2. The van der Waals surface area contributed by atoms with Gasteiger partial charge in [0.25, 0.3) is 5.92 Å². The lowest BCUT2D eigenvalue weighted by Crippen LogP contribution is -2.24. The van der Waals surface area contributed by atoms with Crippen molar-refractivity contribution in [3.63, 3.8) is 0 Å². The fourth-order valence-electron chi connectivity index (χ4n) is 8.20. The molecule has 60 heavy (non-hydrogen) atoms. The lowest BCUT2D eigenvalue weighted by molar-refractivity contribution is -0.142. The number of aromatic nitrogens is 7. The molecule has 1 N–H and O–H groups in total. The molecule has 0 saturated heterocycles. The monoisotopic (exact) mass is 853 g/mol.